The van der Waals surface area contributed by atoms with Crippen molar-refractivity contribution in [3.05, 3.63) is 28.6 Å². The van der Waals surface area contributed by atoms with E-state index in [0.29, 0.717) is 10.3 Å². The fourth-order valence-electron chi connectivity index (χ4n) is 1.38. The second-order valence-corrected chi connectivity index (χ2v) is 4.36. The summed E-state index contributed by atoms with van der Waals surface area (Å²) >= 11 is 3.25. The van der Waals surface area contributed by atoms with Crippen molar-refractivity contribution in [3.63, 3.8) is 0 Å². The number of nitrogens with one attached hydrogen (secondary N) is 1. The van der Waals surface area contributed by atoms with Gasteiger partial charge in [-0.1, -0.05) is 0 Å². The molecule has 0 aliphatic heterocycles. The topological polar surface area (TPSA) is 88.5 Å². The quantitative estimate of drug-likeness (QED) is 0.921. The summed E-state index contributed by atoms with van der Waals surface area (Å²) in [5.41, 5.74) is 0.285. The maximum Gasteiger partial charge on any atom is 0.278 e. The van der Waals surface area contributed by atoms with Crippen LogP contribution >= 0.6 is 15.9 Å². The fourth-order valence-corrected chi connectivity index (χ4v) is 1.93. The Hall–Kier alpha value is -2.14. The first-order valence-electron chi connectivity index (χ1n) is 5.01. The number of anilines is 1. The fraction of sp³-hybridized carbons (Fsp3) is 0.200. The van der Waals surface area contributed by atoms with Crippen LogP contribution in [0.25, 0.3) is 0 Å². The molecule has 0 atom stereocenters. The molecule has 0 fully saturated rings. The van der Waals surface area contributed by atoms with Crippen LogP contribution < -0.4 is 5.32 Å². The molecule has 0 aliphatic carbocycles. The highest BCUT2D eigenvalue weighted by Gasteiger charge is 2.15. The van der Waals surface area contributed by atoms with Crippen molar-refractivity contribution in [3.8, 4) is 6.07 Å². The van der Waals surface area contributed by atoms with Crippen LogP contribution in [0.4, 0.5) is 5.82 Å². The molecule has 0 aromatic carbocycles. The monoisotopic (exact) mass is 308 g/mol. The Balaban J connectivity index is 2.11. The SMILES string of the molecule is Cn1cc(Br)c(C(=O)Nc2ccn(CC#N)n2)n1. The van der Waals surface area contributed by atoms with Gasteiger partial charge in [0.1, 0.15) is 6.54 Å². The van der Waals surface area contributed by atoms with Crippen LogP contribution in [0.1, 0.15) is 10.5 Å². The van der Waals surface area contributed by atoms with E-state index >= 15 is 0 Å². The number of rotatable bonds is 3. The lowest BCUT2D eigenvalue weighted by Gasteiger charge is -1.98. The van der Waals surface area contributed by atoms with Crippen LogP contribution in [0.15, 0.2) is 22.9 Å². The van der Waals surface area contributed by atoms with E-state index < -0.39 is 0 Å². The number of halogens is 1. The second kappa shape index (κ2) is 5.01. The van der Waals surface area contributed by atoms with E-state index in [-0.39, 0.29) is 18.1 Å². The van der Waals surface area contributed by atoms with Crippen molar-refractivity contribution < 1.29 is 4.79 Å². The van der Waals surface area contributed by atoms with E-state index in [1.807, 2.05) is 6.07 Å². The summed E-state index contributed by atoms with van der Waals surface area (Å²) in [4.78, 5) is 11.9. The predicted molar refractivity (Wildman–Crippen MR) is 66.7 cm³/mol. The molecule has 7 nitrogen and oxygen atoms in total. The molecule has 2 heterocycles. The lowest BCUT2D eigenvalue weighted by atomic mass is 10.4. The molecule has 0 saturated carbocycles. The van der Waals surface area contributed by atoms with Crippen molar-refractivity contribution >= 4 is 27.7 Å². The number of aromatic nitrogens is 4. The van der Waals surface area contributed by atoms with Gasteiger partial charge in [0.25, 0.3) is 5.91 Å². The zero-order valence-electron chi connectivity index (χ0n) is 9.46. The van der Waals surface area contributed by atoms with Crippen LogP contribution in [0.5, 0.6) is 0 Å². The maximum absolute atomic E-state index is 11.9. The first kappa shape index (κ1) is 12.3. The zero-order valence-corrected chi connectivity index (χ0v) is 11.0. The number of amides is 1. The molecule has 0 bridgehead atoms. The maximum atomic E-state index is 11.9. The first-order chi connectivity index (χ1) is 8.60. The summed E-state index contributed by atoms with van der Waals surface area (Å²) in [7, 11) is 1.73. The molecule has 0 unspecified atom stereocenters. The molecule has 0 aliphatic rings. The summed E-state index contributed by atoms with van der Waals surface area (Å²) in [6.07, 6.45) is 3.30. The number of hydrogen-bond acceptors (Lipinski definition) is 4. The normalized spacial score (nSPS) is 10.1. The van der Waals surface area contributed by atoms with Crippen LogP contribution in [-0.4, -0.2) is 25.5 Å². The largest absolute Gasteiger partial charge is 0.304 e. The molecule has 0 saturated heterocycles. The molecule has 92 valence electrons. The van der Waals surface area contributed by atoms with Crippen molar-refractivity contribution in [2.45, 2.75) is 6.54 Å². The van der Waals surface area contributed by atoms with E-state index in [1.165, 1.54) is 9.36 Å². The molecular weight excluding hydrogens is 300 g/mol. The van der Waals surface area contributed by atoms with E-state index in [2.05, 4.69) is 31.4 Å². The van der Waals surface area contributed by atoms with Gasteiger partial charge < -0.3 is 5.32 Å². The molecule has 1 amide bonds. The Morgan fingerprint density at radius 1 is 1.61 bits per heavy atom. The van der Waals surface area contributed by atoms with Crippen LogP contribution in [-0.2, 0) is 13.6 Å². The first-order valence-corrected chi connectivity index (χ1v) is 5.80. The van der Waals surface area contributed by atoms with Crippen molar-refractivity contribution in [1.29, 1.82) is 5.26 Å². The third kappa shape index (κ3) is 2.57. The molecule has 2 aromatic rings. The van der Waals surface area contributed by atoms with Gasteiger partial charge in [-0.25, -0.2) is 0 Å². The Morgan fingerprint density at radius 2 is 2.39 bits per heavy atom. The standard InChI is InChI=1S/C10H9BrN6O/c1-16-6-7(11)9(15-16)10(18)13-8-2-4-17(14-8)5-3-12/h2,4,6H,5H2,1H3,(H,13,14,18). The van der Waals surface area contributed by atoms with Gasteiger partial charge in [-0.05, 0) is 15.9 Å². The number of aryl methyl sites for hydroxylation is 1. The Kier molecular flexibility index (Phi) is 3.43. The predicted octanol–water partition coefficient (Wildman–Crippen LogP) is 1.15. The van der Waals surface area contributed by atoms with Gasteiger partial charge in [0.05, 0.1) is 10.5 Å². The van der Waals surface area contributed by atoms with Crippen LogP contribution in [0.2, 0.25) is 0 Å². The van der Waals surface area contributed by atoms with E-state index in [4.69, 9.17) is 5.26 Å². The highest BCUT2D eigenvalue weighted by atomic mass is 79.9. The van der Waals surface area contributed by atoms with E-state index in [1.54, 1.807) is 25.5 Å². The number of carbonyl (C=O) groups excluding carboxylic acids is 1. The zero-order chi connectivity index (χ0) is 13.1. The third-order valence-electron chi connectivity index (χ3n) is 2.11. The van der Waals surface area contributed by atoms with Gasteiger partial charge in [0.15, 0.2) is 11.5 Å². The Labute approximate surface area is 111 Å². The van der Waals surface area contributed by atoms with Crippen LogP contribution in [0, 0.1) is 11.3 Å². The number of nitrogens with zero attached hydrogens (tertiary/aromatic N) is 5. The Morgan fingerprint density at radius 3 is 3.00 bits per heavy atom. The molecule has 18 heavy (non-hydrogen) atoms. The molecule has 0 spiro atoms. The van der Waals surface area contributed by atoms with Crippen LogP contribution in [0.3, 0.4) is 0 Å². The molecule has 2 rings (SSSR count). The van der Waals surface area contributed by atoms with Crippen molar-refractivity contribution in [2.24, 2.45) is 7.05 Å². The molecule has 2 aromatic heterocycles. The minimum atomic E-state index is -0.357. The molecule has 1 N–H and O–H groups in total. The second-order valence-electron chi connectivity index (χ2n) is 3.51. The summed E-state index contributed by atoms with van der Waals surface area (Å²) in [6, 6.07) is 3.58. The van der Waals surface area contributed by atoms with Gasteiger partial charge >= 0.3 is 0 Å². The van der Waals surface area contributed by atoms with Gasteiger partial charge in [-0.2, -0.15) is 15.5 Å². The highest BCUT2D eigenvalue weighted by Crippen LogP contribution is 2.15. The van der Waals surface area contributed by atoms with Gasteiger partial charge in [-0.3, -0.25) is 14.2 Å². The van der Waals surface area contributed by atoms with Gasteiger partial charge in [0.2, 0.25) is 0 Å². The number of nitriles is 1. The van der Waals surface area contributed by atoms with Crippen molar-refractivity contribution in [1.82, 2.24) is 19.6 Å². The summed E-state index contributed by atoms with van der Waals surface area (Å²) in [5.74, 6) is 0.0254. The van der Waals surface area contributed by atoms with Gasteiger partial charge in [0, 0.05) is 25.5 Å². The average Bonchev–Trinajstić information content (AvgIpc) is 2.86. The number of hydrogen-bond donors (Lipinski definition) is 1. The van der Waals surface area contributed by atoms with Gasteiger partial charge in [-0.15, -0.1) is 0 Å². The summed E-state index contributed by atoms with van der Waals surface area (Å²) < 4.78 is 3.58. The summed E-state index contributed by atoms with van der Waals surface area (Å²) in [6.45, 7) is 0.142. The molecule has 8 heteroatoms. The minimum absolute atomic E-state index is 0.142. The van der Waals surface area contributed by atoms with Crippen molar-refractivity contribution in [2.75, 3.05) is 5.32 Å². The smallest absolute Gasteiger partial charge is 0.278 e. The summed E-state index contributed by atoms with van der Waals surface area (Å²) in [5, 5.41) is 19.2. The van der Waals surface area contributed by atoms with E-state index in [9.17, 15) is 4.79 Å². The van der Waals surface area contributed by atoms with E-state index in [0.717, 1.165) is 0 Å². The average molecular weight is 309 g/mol. The highest BCUT2D eigenvalue weighted by molar-refractivity contribution is 9.10. The Bertz CT molecular complexity index is 623. The lowest BCUT2D eigenvalue weighted by molar-refractivity contribution is 0.102. The lowest BCUT2D eigenvalue weighted by Crippen LogP contribution is -2.14. The third-order valence-corrected chi connectivity index (χ3v) is 2.69. The molecular formula is C10H9BrN6O. The minimum Gasteiger partial charge on any atom is -0.304 e. The number of carbonyl (C=O) groups is 1. The molecule has 0 radical (unpaired) electrons.